The predicted molar refractivity (Wildman–Crippen MR) is 80.2 cm³/mol. The summed E-state index contributed by atoms with van der Waals surface area (Å²) in [5.74, 6) is 0.243. The van der Waals surface area contributed by atoms with Crippen LogP contribution in [0, 0.1) is 5.92 Å². The molecule has 108 valence electrons. The Morgan fingerprint density at radius 1 is 1.50 bits per heavy atom. The molecule has 20 heavy (non-hydrogen) atoms. The van der Waals surface area contributed by atoms with E-state index in [-0.39, 0.29) is 12.3 Å². The van der Waals surface area contributed by atoms with E-state index in [0.717, 1.165) is 29.8 Å². The molecule has 0 aliphatic rings. The molecule has 1 N–H and O–H groups in total. The lowest BCUT2D eigenvalue weighted by atomic mass is 10.0. The Morgan fingerprint density at radius 2 is 2.25 bits per heavy atom. The lowest BCUT2D eigenvalue weighted by Gasteiger charge is -2.11. The zero-order valence-electron chi connectivity index (χ0n) is 11.8. The van der Waals surface area contributed by atoms with Gasteiger partial charge in [0.1, 0.15) is 5.82 Å². The second-order valence-corrected chi connectivity index (χ2v) is 5.66. The molecule has 0 fully saturated rings. The van der Waals surface area contributed by atoms with Crippen LogP contribution in [-0.2, 0) is 17.8 Å². The number of hydrogen-bond acceptors (Lipinski definition) is 2. The Bertz CT molecular complexity index is 622. The molecule has 0 spiro atoms. The van der Waals surface area contributed by atoms with Crippen molar-refractivity contribution in [2.45, 2.75) is 39.7 Å². The number of aromatic nitrogens is 2. The first-order valence-corrected chi connectivity index (χ1v) is 7.25. The summed E-state index contributed by atoms with van der Waals surface area (Å²) in [5, 5.41) is 9.56. The van der Waals surface area contributed by atoms with Gasteiger partial charge in [-0.1, -0.05) is 25.4 Å². The van der Waals surface area contributed by atoms with Crippen LogP contribution in [0.4, 0.5) is 0 Å². The highest BCUT2D eigenvalue weighted by molar-refractivity contribution is 6.31. The second kappa shape index (κ2) is 6.27. The van der Waals surface area contributed by atoms with Gasteiger partial charge in [-0.25, -0.2) is 4.98 Å². The lowest BCUT2D eigenvalue weighted by Crippen LogP contribution is -2.11. The summed E-state index contributed by atoms with van der Waals surface area (Å²) in [4.78, 5) is 15.4. The van der Waals surface area contributed by atoms with E-state index in [1.165, 1.54) is 0 Å². The minimum Gasteiger partial charge on any atom is -0.481 e. The van der Waals surface area contributed by atoms with Crippen molar-refractivity contribution in [1.29, 1.82) is 0 Å². The third kappa shape index (κ3) is 3.31. The van der Waals surface area contributed by atoms with Crippen molar-refractivity contribution >= 4 is 28.6 Å². The number of carboxylic acid groups (broad SMARTS) is 1. The van der Waals surface area contributed by atoms with Gasteiger partial charge in [-0.2, -0.15) is 0 Å². The number of benzene rings is 1. The summed E-state index contributed by atoms with van der Waals surface area (Å²) >= 11 is 6.06. The first-order valence-electron chi connectivity index (χ1n) is 6.87. The van der Waals surface area contributed by atoms with E-state index in [1.807, 2.05) is 25.1 Å². The van der Waals surface area contributed by atoms with Gasteiger partial charge < -0.3 is 9.67 Å². The van der Waals surface area contributed by atoms with Gasteiger partial charge >= 0.3 is 5.97 Å². The first kappa shape index (κ1) is 14.9. The number of fused-ring (bicyclic) bond motifs is 1. The minimum absolute atomic E-state index is 0.0652. The molecule has 0 aliphatic carbocycles. The van der Waals surface area contributed by atoms with Crippen molar-refractivity contribution in [2.75, 3.05) is 0 Å². The van der Waals surface area contributed by atoms with Crippen LogP contribution >= 0.6 is 11.6 Å². The monoisotopic (exact) mass is 294 g/mol. The van der Waals surface area contributed by atoms with Crippen molar-refractivity contribution in [3.05, 3.63) is 29.0 Å². The molecule has 0 saturated carbocycles. The molecule has 1 aromatic carbocycles. The molecule has 0 aliphatic heterocycles. The molecule has 0 amide bonds. The molecule has 1 atom stereocenters. The maximum absolute atomic E-state index is 10.8. The number of halogens is 1. The summed E-state index contributed by atoms with van der Waals surface area (Å²) in [6, 6.07) is 5.66. The average molecular weight is 295 g/mol. The van der Waals surface area contributed by atoms with Gasteiger partial charge in [0.25, 0.3) is 0 Å². The summed E-state index contributed by atoms with van der Waals surface area (Å²) in [7, 11) is 0. The van der Waals surface area contributed by atoms with E-state index >= 15 is 0 Å². The van der Waals surface area contributed by atoms with Crippen molar-refractivity contribution in [2.24, 2.45) is 5.92 Å². The molecule has 1 unspecified atom stereocenters. The molecular formula is C15H19ClN2O2. The Kier molecular flexibility index (Phi) is 4.65. The summed E-state index contributed by atoms with van der Waals surface area (Å²) in [6.07, 6.45) is 1.83. The number of aliphatic carboxylic acids is 1. The molecule has 0 radical (unpaired) electrons. The highest BCUT2D eigenvalue weighted by Gasteiger charge is 2.15. The molecule has 2 rings (SSSR count). The standard InChI is InChI=1S/C15H19ClN2O2/c1-3-6-18-13-9-11(16)4-5-12(13)17-14(18)7-10(2)8-15(19)20/h4-5,9-10H,3,6-8H2,1-2H3,(H,19,20). The van der Waals surface area contributed by atoms with Crippen LogP contribution in [-0.4, -0.2) is 20.6 Å². The number of carbonyl (C=O) groups is 1. The maximum atomic E-state index is 10.8. The van der Waals surface area contributed by atoms with Crippen LogP contribution in [0.1, 0.15) is 32.5 Å². The van der Waals surface area contributed by atoms with E-state index < -0.39 is 5.97 Å². The third-order valence-corrected chi connectivity index (χ3v) is 3.53. The van der Waals surface area contributed by atoms with Gasteiger partial charge in [-0.15, -0.1) is 0 Å². The fourth-order valence-electron chi connectivity index (χ4n) is 2.46. The summed E-state index contributed by atoms with van der Waals surface area (Å²) < 4.78 is 2.15. The molecule has 0 bridgehead atoms. The molecular weight excluding hydrogens is 276 g/mol. The minimum atomic E-state index is -0.765. The van der Waals surface area contributed by atoms with Gasteiger partial charge in [-0.05, 0) is 30.5 Å². The van der Waals surface area contributed by atoms with Crippen LogP contribution in [0.25, 0.3) is 11.0 Å². The van der Waals surface area contributed by atoms with Gasteiger partial charge in [0.05, 0.1) is 11.0 Å². The second-order valence-electron chi connectivity index (χ2n) is 5.22. The molecule has 0 saturated heterocycles. The highest BCUT2D eigenvalue weighted by atomic mass is 35.5. The zero-order chi connectivity index (χ0) is 14.7. The topological polar surface area (TPSA) is 55.1 Å². The number of nitrogens with zero attached hydrogens (tertiary/aromatic N) is 2. The first-order chi connectivity index (χ1) is 9.51. The van der Waals surface area contributed by atoms with E-state index in [9.17, 15) is 4.79 Å². The zero-order valence-corrected chi connectivity index (χ0v) is 12.5. The smallest absolute Gasteiger partial charge is 0.303 e. The van der Waals surface area contributed by atoms with E-state index in [4.69, 9.17) is 16.7 Å². The predicted octanol–water partition coefficient (Wildman–Crippen LogP) is 3.75. The Morgan fingerprint density at radius 3 is 2.90 bits per heavy atom. The third-order valence-electron chi connectivity index (χ3n) is 3.29. The van der Waals surface area contributed by atoms with Crippen molar-refractivity contribution < 1.29 is 9.90 Å². The number of rotatable bonds is 6. The van der Waals surface area contributed by atoms with Gasteiger partial charge in [0.15, 0.2) is 0 Å². The molecule has 4 nitrogen and oxygen atoms in total. The van der Waals surface area contributed by atoms with Crippen LogP contribution in [0.15, 0.2) is 18.2 Å². The molecule has 1 aromatic heterocycles. The number of carboxylic acids is 1. The largest absolute Gasteiger partial charge is 0.481 e. The maximum Gasteiger partial charge on any atom is 0.303 e. The highest BCUT2D eigenvalue weighted by Crippen LogP contribution is 2.23. The van der Waals surface area contributed by atoms with E-state index in [2.05, 4.69) is 16.5 Å². The van der Waals surface area contributed by atoms with Crippen LogP contribution < -0.4 is 0 Å². The number of hydrogen-bond donors (Lipinski definition) is 1. The van der Waals surface area contributed by atoms with E-state index in [0.29, 0.717) is 11.4 Å². The van der Waals surface area contributed by atoms with Gasteiger partial charge in [0.2, 0.25) is 0 Å². The normalized spacial score (nSPS) is 12.8. The van der Waals surface area contributed by atoms with Gasteiger partial charge in [-0.3, -0.25) is 4.79 Å². The fraction of sp³-hybridized carbons (Fsp3) is 0.467. The summed E-state index contributed by atoms with van der Waals surface area (Å²) in [5.41, 5.74) is 1.94. The van der Waals surface area contributed by atoms with Crippen LogP contribution in [0.3, 0.4) is 0 Å². The summed E-state index contributed by atoms with van der Waals surface area (Å²) in [6.45, 7) is 4.92. The van der Waals surface area contributed by atoms with Gasteiger partial charge in [0, 0.05) is 24.4 Å². The van der Waals surface area contributed by atoms with Crippen LogP contribution in [0.2, 0.25) is 5.02 Å². The van der Waals surface area contributed by atoms with Crippen molar-refractivity contribution in [3.63, 3.8) is 0 Å². The van der Waals surface area contributed by atoms with Crippen molar-refractivity contribution in [1.82, 2.24) is 9.55 Å². The molecule has 1 heterocycles. The van der Waals surface area contributed by atoms with Crippen LogP contribution in [0.5, 0.6) is 0 Å². The Labute approximate surface area is 123 Å². The quantitative estimate of drug-likeness (QED) is 0.882. The Balaban J connectivity index is 2.36. The van der Waals surface area contributed by atoms with Crippen molar-refractivity contribution in [3.8, 4) is 0 Å². The number of aryl methyl sites for hydroxylation is 1. The average Bonchev–Trinajstić information content (AvgIpc) is 2.67. The lowest BCUT2D eigenvalue weighted by molar-refractivity contribution is -0.137. The Hall–Kier alpha value is -1.55. The fourth-order valence-corrected chi connectivity index (χ4v) is 2.62. The molecule has 2 aromatic rings. The SMILES string of the molecule is CCCn1c(CC(C)CC(=O)O)nc2ccc(Cl)cc21. The van der Waals surface area contributed by atoms with E-state index in [1.54, 1.807) is 0 Å². The number of imidazole rings is 1. The molecule has 5 heteroatoms.